The number of fused-ring (bicyclic) bond motifs is 1. The summed E-state index contributed by atoms with van der Waals surface area (Å²) in [4.78, 5) is 31.8. The number of aromatic nitrogens is 1. The van der Waals surface area contributed by atoms with Crippen molar-refractivity contribution in [3.05, 3.63) is 135 Å². The number of methoxy groups -OCH3 is 1. The molecule has 6 rings (SSSR count). The highest BCUT2D eigenvalue weighted by atomic mass is 32.2. The Morgan fingerprint density at radius 3 is 2.47 bits per heavy atom. The molecule has 0 spiro atoms. The van der Waals surface area contributed by atoms with Crippen molar-refractivity contribution in [2.24, 2.45) is 0 Å². The van der Waals surface area contributed by atoms with E-state index in [-0.39, 0.29) is 50.8 Å². The normalized spacial score (nSPS) is 20.0. The highest BCUT2D eigenvalue weighted by Gasteiger charge is 2.32. The standard InChI is InChI=1S/C41H40F5N3O3S/c1-27-22-30(14-15-34(27)41(44,45)46)29-12-10-28(11-13-29)24-48(32-16-18-47(19-17-32)20-21-52-2)38(51)25-49-36-9-4-3-7-33(36)37(50)23-39(49)53-26-31-6-5-8-35(42)40(31)43/h3-15,22-23,32H,16-21,24-26H2,1-2H3/i2D3,3D,4D,5D,6D,7D,8D,9D,10D,11D,12D,13D,14D,15D,22D,23D,26D2. The fourth-order valence-corrected chi connectivity index (χ4v) is 6.42. The van der Waals surface area contributed by atoms with E-state index in [2.05, 4.69) is 0 Å². The van der Waals surface area contributed by atoms with Crippen molar-refractivity contribution in [3.8, 4) is 11.1 Å². The third-order valence-corrected chi connectivity index (χ3v) is 9.13. The Labute approximate surface area is 337 Å². The summed E-state index contributed by atoms with van der Waals surface area (Å²) in [6.07, 6.45) is -5.17. The lowest BCUT2D eigenvalue weighted by molar-refractivity contribution is -0.138. The first-order valence-electron chi connectivity index (χ1n) is 25.8. The van der Waals surface area contributed by atoms with Crippen LogP contribution in [0.1, 0.15) is 62.5 Å². The third-order valence-electron chi connectivity index (χ3n) is 8.31. The average Bonchev–Trinajstić information content (AvgIpc) is 3.30. The maximum atomic E-state index is 15.5. The fourth-order valence-electron chi connectivity index (χ4n) is 5.67. The summed E-state index contributed by atoms with van der Waals surface area (Å²) in [7, 11) is -2.72. The molecule has 5 aromatic rings. The number of amides is 1. The fraction of sp³-hybridized carbons (Fsp3) is 0.317. The highest BCUT2D eigenvalue weighted by molar-refractivity contribution is 7.98. The monoisotopic (exact) mass is 769 g/mol. The van der Waals surface area contributed by atoms with Crippen molar-refractivity contribution in [1.29, 1.82) is 0 Å². The molecule has 1 aliphatic rings. The number of hydrogen-bond acceptors (Lipinski definition) is 5. The van der Waals surface area contributed by atoms with Gasteiger partial charge in [0.05, 0.1) is 47.4 Å². The maximum absolute atomic E-state index is 15.5. The molecule has 0 N–H and O–H groups in total. The molecule has 2 heterocycles. The van der Waals surface area contributed by atoms with Gasteiger partial charge in [0.1, 0.15) is 6.54 Å². The van der Waals surface area contributed by atoms with Crippen LogP contribution in [0.25, 0.3) is 22.0 Å². The van der Waals surface area contributed by atoms with Crippen LogP contribution in [0.15, 0.2) is 100 Å². The van der Waals surface area contributed by atoms with Gasteiger partial charge in [0.15, 0.2) is 17.1 Å². The molecule has 0 atom stereocenters. The number of alkyl halides is 3. The number of carbonyl (C=O) groups is 1. The molecule has 1 saturated heterocycles. The number of benzene rings is 4. The highest BCUT2D eigenvalue weighted by Crippen LogP contribution is 2.34. The van der Waals surface area contributed by atoms with Gasteiger partial charge in [0, 0.05) is 64.7 Å². The van der Waals surface area contributed by atoms with Gasteiger partial charge in [0.2, 0.25) is 5.91 Å². The Morgan fingerprint density at radius 2 is 1.74 bits per heavy atom. The Morgan fingerprint density at radius 1 is 1.00 bits per heavy atom. The number of halogens is 5. The van der Waals surface area contributed by atoms with E-state index in [0.717, 1.165) is 11.8 Å². The first-order chi connectivity index (χ1) is 33.6. The molecule has 1 aliphatic heterocycles. The van der Waals surface area contributed by atoms with Gasteiger partial charge in [-0.1, -0.05) is 60.4 Å². The number of ether oxygens (including phenoxy) is 1. The molecule has 1 amide bonds. The average molecular weight is 770 g/mol. The molecule has 1 fully saturated rings. The number of pyridine rings is 1. The van der Waals surface area contributed by atoms with Gasteiger partial charge >= 0.3 is 6.18 Å². The molecule has 4 aromatic carbocycles. The number of rotatable bonds is 12. The first-order valence-corrected chi connectivity index (χ1v) is 16.6. The minimum atomic E-state index is -5.19. The number of hydrogen-bond donors (Lipinski definition) is 0. The van der Waals surface area contributed by atoms with Crippen molar-refractivity contribution in [1.82, 2.24) is 14.4 Å². The summed E-state index contributed by atoms with van der Waals surface area (Å²) in [6, 6.07) is -17.7. The van der Waals surface area contributed by atoms with E-state index in [4.69, 9.17) is 32.2 Å². The van der Waals surface area contributed by atoms with Gasteiger partial charge in [-0.05, 0) is 66.2 Å². The SMILES string of the molecule is [2H]c1c([2H])c(F)c(F)c(C([2H])([2H])Sc2c([2H])c(=O)c3c([2H])c([2H])c([2H])c([2H])c3n2CC(=O)N(Cc2c([2H])c([2H])c(-c3c([2H])c([2H])c(C(F)(F)F)c(C)c3[2H])c([2H])c2[2H])C2CCN(CCOC([2H])([2H])[2H])CC2)c1[2H]. The van der Waals surface area contributed by atoms with Crippen LogP contribution in [0.4, 0.5) is 22.0 Å². The second kappa shape index (κ2) is 16.7. The maximum Gasteiger partial charge on any atom is 0.416 e. The lowest BCUT2D eigenvalue weighted by atomic mass is 9.98. The minimum absolute atomic E-state index is 0.0121. The Bertz CT molecular complexity index is 3080. The van der Waals surface area contributed by atoms with Gasteiger partial charge in [-0.25, -0.2) is 8.78 Å². The molecule has 12 heteroatoms. The van der Waals surface area contributed by atoms with Crippen LogP contribution in [0.3, 0.4) is 0 Å². The molecule has 53 heavy (non-hydrogen) atoms. The molecular formula is C41H40F5N3O3S. The van der Waals surface area contributed by atoms with E-state index in [1.165, 1.54) is 0 Å². The summed E-state index contributed by atoms with van der Waals surface area (Å²) >= 11 is -0.285. The summed E-state index contributed by atoms with van der Waals surface area (Å²) in [6.45, 7) is -1.19. The predicted octanol–water partition coefficient (Wildman–Crippen LogP) is 8.71. The molecule has 1 aromatic heterocycles. The van der Waals surface area contributed by atoms with Crippen LogP contribution >= 0.6 is 11.8 Å². The molecule has 0 unspecified atom stereocenters. The van der Waals surface area contributed by atoms with E-state index < -0.39 is 201 Å². The number of nitrogens with zero attached hydrogens (tertiary/aromatic N) is 3. The smallest absolute Gasteiger partial charge is 0.383 e. The van der Waals surface area contributed by atoms with Crippen molar-refractivity contribution in [3.63, 3.8) is 0 Å². The topological polar surface area (TPSA) is 54.8 Å². The van der Waals surface area contributed by atoms with Crippen molar-refractivity contribution in [2.75, 3.05) is 33.3 Å². The lowest BCUT2D eigenvalue weighted by Crippen LogP contribution is -2.48. The van der Waals surface area contributed by atoms with E-state index in [1.807, 2.05) is 0 Å². The van der Waals surface area contributed by atoms with Gasteiger partial charge in [0.25, 0.3) is 0 Å². The Balaban J connectivity index is 1.56. The van der Waals surface area contributed by atoms with Crippen LogP contribution in [0.5, 0.6) is 0 Å². The molecule has 0 aliphatic carbocycles. The number of para-hydroxylation sites is 1. The largest absolute Gasteiger partial charge is 0.416 e. The molecule has 0 saturated carbocycles. The van der Waals surface area contributed by atoms with E-state index in [9.17, 15) is 22.4 Å². The number of carbonyl (C=O) groups excluding carboxylic acids is 1. The van der Waals surface area contributed by atoms with Crippen LogP contribution in [-0.2, 0) is 34.5 Å². The van der Waals surface area contributed by atoms with Crippen LogP contribution in [0, 0.1) is 18.6 Å². The van der Waals surface area contributed by atoms with Gasteiger partial charge < -0.3 is 19.1 Å². The summed E-state index contributed by atoms with van der Waals surface area (Å²) in [5.74, 6) is -5.27. The lowest BCUT2D eigenvalue weighted by Gasteiger charge is -2.39. The van der Waals surface area contributed by atoms with Crippen molar-refractivity contribution in [2.45, 2.75) is 55.8 Å². The van der Waals surface area contributed by atoms with Gasteiger partial charge in [-0.3, -0.25) is 9.59 Å². The van der Waals surface area contributed by atoms with E-state index in [1.54, 1.807) is 4.90 Å². The summed E-state index contributed by atoms with van der Waals surface area (Å²) < 4.78 is 245. The second-order valence-electron chi connectivity index (χ2n) is 11.7. The molecule has 278 valence electrons. The molecule has 0 radical (unpaired) electrons. The summed E-state index contributed by atoms with van der Waals surface area (Å²) in [5.41, 5.74) is -11.9. The number of likely N-dealkylation sites (tertiary alicyclic amines) is 1. The summed E-state index contributed by atoms with van der Waals surface area (Å²) in [5, 5.41) is -1.84. The first kappa shape index (κ1) is 20.2. The predicted molar refractivity (Wildman–Crippen MR) is 198 cm³/mol. The minimum Gasteiger partial charge on any atom is -0.383 e. The van der Waals surface area contributed by atoms with Crippen LogP contribution in [0.2, 0.25) is 0 Å². The van der Waals surface area contributed by atoms with Crippen molar-refractivity contribution < 1.29 is 58.9 Å². The molecule has 0 bridgehead atoms. The van der Waals surface area contributed by atoms with Gasteiger partial charge in [-0.2, -0.15) is 13.2 Å². The quantitative estimate of drug-likeness (QED) is 0.0940. The van der Waals surface area contributed by atoms with Gasteiger partial charge in [-0.15, -0.1) is 11.8 Å². The van der Waals surface area contributed by atoms with Crippen molar-refractivity contribution >= 4 is 28.6 Å². The zero-order valence-electron chi connectivity index (χ0n) is 47.6. The third kappa shape index (κ3) is 9.00. The second-order valence-corrected chi connectivity index (χ2v) is 12.5. The van der Waals surface area contributed by atoms with Crippen LogP contribution in [-0.4, -0.2) is 59.6 Å². The Kier molecular flexibility index (Phi) is 6.36. The van der Waals surface area contributed by atoms with Crippen LogP contribution < -0.4 is 5.43 Å². The number of piperidine rings is 1. The number of thioether (sulfide) groups is 1. The zero-order valence-corrected chi connectivity index (χ0v) is 28.4. The molecular weight excluding hydrogens is 710 g/mol. The van der Waals surface area contributed by atoms with E-state index >= 15 is 9.18 Å². The van der Waals surface area contributed by atoms with E-state index in [0.29, 0.717) is 4.57 Å². The molecule has 6 nitrogen and oxygen atoms in total. The zero-order chi connectivity index (χ0) is 55.0. The Hall–Kier alpha value is -4.52.